The van der Waals surface area contributed by atoms with Crippen molar-refractivity contribution in [2.75, 3.05) is 13.2 Å². The maximum Gasteiger partial charge on any atom is 0.387 e. The molecule has 0 unspecified atom stereocenters. The van der Waals surface area contributed by atoms with Crippen molar-refractivity contribution < 1.29 is 23.0 Å². The van der Waals surface area contributed by atoms with Crippen LogP contribution in [0.25, 0.3) is 0 Å². The Morgan fingerprint density at radius 3 is 2.68 bits per heavy atom. The van der Waals surface area contributed by atoms with Crippen molar-refractivity contribution in [3.63, 3.8) is 0 Å². The number of alkyl halides is 2. The average molecular weight is 314 g/mol. The molecule has 5 nitrogen and oxygen atoms in total. The molecule has 122 valence electrons. The molecule has 1 amide bonds. The first-order valence-corrected chi connectivity index (χ1v) is 7.22. The Bertz CT molecular complexity index is 522. The van der Waals surface area contributed by atoms with Crippen molar-refractivity contribution in [2.24, 2.45) is 5.73 Å². The number of nitrogens with zero attached hydrogens (tertiary/aromatic N) is 1. The summed E-state index contributed by atoms with van der Waals surface area (Å²) in [7, 11) is 0. The molecule has 1 aliphatic rings. The fourth-order valence-corrected chi connectivity index (χ4v) is 2.30. The quantitative estimate of drug-likeness (QED) is 0.758. The Kier molecular flexibility index (Phi) is 5.54. The number of rotatable bonds is 9. The predicted octanol–water partition coefficient (Wildman–Crippen LogP) is 2.14. The van der Waals surface area contributed by atoms with E-state index < -0.39 is 6.61 Å². The molecular weight excluding hydrogens is 294 g/mol. The molecule has 1 aliphatic carbocycles. The van der Waals surface area contributed by atoms with Crippen LogP contribution in [-0.4, -0.2) is 36.6 Å². The zero-order valence-corrected chi connectivity index (χ0v) is 12.4. The van der Waals surface area contributed by atoms with Crippen LogP contribution in [0, 0.1) is 0 Å². The predicted molar refractivity (Wildman–Crippen MR) is 76.9 cm³/mol. The number of carbonyl (C=O) groups excluding carboxylic acids is 1. The van der Waals surface area contributed by atoms with Gasteiger partial charge in [0, 0.05) is 12.6 Å². The summed E-state index contributed by atoms with van der Waals surface area (Å²) in [6, 6.07) is 5.18. The first-order chi connectivity index (χ1) is 10.5. The molecule has 0 bridgehead atoms. The Morgan fingerprint density at radius 1 is 1.41 bits per heavy atom. The Labute approximate surface area is 128 Å². The number of benzene rings is 1. The summed E-state index contributed by atoms with van der Waals surface area (Å²) in [5.74, 6) is -0.0989. The topological polar surface area (TPSA) is 64.8 Å². The maximum absolute atomic E-state index is 12.4. The molecule has 0 aromatic heterocycles. The fourth-order valence-electron chi connectivity index (χ4n) is 2.30. The monoisotopic (exact) mass is 314 g/mol. The number of ether oxygens (including phenoxy) is 2. The minimum atomic E-state index is -2.90. The molecule has 1 saturated carbocycles. The van der Waals surface area contributed by atoms with Gasteiger partial charge in [-0.25, -0.2) is 0 Å². The molecule has 1 aromatic carbocycles. The van der Waals surface area contributed by atoms with Crippen molar-refractivity contribution in [2.45, 2.75) is 39.0 Å². The smallest absolute Gasteiger partial charge is 0.387 e. The highest BCUT2D eigenvalue weighted by Gasteiger charge is 2.30. The lowest BCUT2D eigenvalue weighted by molar-refractivity contribution is -0.119. The number of halogens is 2. The van der Waals surface area contributed by atoms with Crippen LogP contribution in [0.1, 0.15) is 25.3 Å². The van der Waals surface area contributed by atoms with E-state index in [4.69, 9.17) is 10.5 Å². The highest BCUT2D eigenvalue weighted by atomic mass is 19.3. The minimum absolute atomic E-state index is 0.00785. The van der Waals surface area contributed by atoms with Gasteiger partial charge in [0.2, 0.25) is 5.91 Å². The number of primary amides is 1. The third-order valence-electron chi connectivity index (χ3n) is 3.33. The SMILES string of the molecule is CCOc1cc(CN(CC(N)=O)C2CC2)ccc1OC(F)F. The highest BCUT2D eigenvalue weighted by molar-refractivity contribution is 5.76. The van der Waals surface area contributed by atoms with Gasteiger partial charge in [-0.3, -0.25) is 9.69 Å². The van der Waals surface area contributed by atoms with Crippen LogP contribution in [0.5, 0.6) is 11.5 Å². The van der Waals surface area contributed by atoms with E-state index >= 15 is 0 Å². The second kappa shape index (κ2) is 7.40. The van der Waals surface area contributed by atoms with Crippen molar-refractivity contribution in [1.82, 2.24) is 4.90 Å². The van der Waals surface area contributed by atoms with E-state index in [1.54, 1.807) is 19.1 Å². The molecular formula is C15H20F2N2O3. The van der Waals surface area contributed by atoms with Gasteiger partial charge >= 0.3 is 6.61 Å². The van der Waals surface area contributed by atoms with E-state index in [0.717, 1.165) is 18.4 Å². The van der Waals surface area contributed by atoms with Gasteiger partial charge in [-0.1, -0.05) is 6.07 Å². The van der Waals surface area contributed by atoms with Crippen LogP contribution in [0.2, 0.25) is 0 Å². The number of hydrogen-bond donors (Lipinski definition) is 1. The van der Waals surface area contributed by atoms with E-state index in [0.29, 0.717) is 19.2 Å². The number of hydrogen-bond acceptors (Lipinski definition) is 4. The van der Waals surface area contributed by atoms with E-state index in [1.165, 1.54) is 6.07 Å². The first kappa shape index (κ1) is 16.5. The van der Waals surface area contributed by atoms with Gasteiger partial charge in [-0.15, -0.1) is 0 Å². The molecule has 0 atom stereocenters. The van der Waals surface area contributed by atoms with Crippen LogP contribution >= 0.6 is 0 Å². The molecule has 0 aliphatic heterocycles. The standard InChI is InChI=1S/C15H20F2N2O3/c1-2-21-13-7-10(3-6-12(13)22-15(16)17)8-19(9-14(18)20)11-4-5-11/h3,6-7,11,15H,2,4-5,8-9H2,1H3,(H2,18,20). The lowest BCUT2D eigenvalue weighted by Crippen LogP contribution is -2.34. The maximum atomic E-state index is 12.4. The summed E-state index contributed by atoms with van der Waals surface area (Å²) in [4.78, 5) is 13.1. The summed E-state index contributed by atoms with van der Waals surface area (Å²) in [6.45, 7) is -0.0889. The van der Waals surface area contributed by atoms with Gasteiger partial charge in [-0.05, 0) is 37.5 Å². The molecule has 0 spiro atoms. The number of carbonyl (C=O) groups is 1. The highest BCUT2D eigenvalue weighted by Crippen LogP contribution is 2.32. The second-order valence-electron chi connectivity index (χ2n) is 5.20. The Balaban J connectivity index is 2.12. The zero-order chi connectivity index (χ0) is 16.1. The van der Waals surface area contributed by atoms with Gasteiger partial charge in [0.15, 0.2) is 11.5 Å². The molecule has 0 saturated heterocycles. The third-order valence-corrected chi connectivity index (χ3v) is 3.33. The van der Waals surface area contributed by atoms with Crippen molar-refractivity contribution in [3.8, 4) is 11.5 Å². The summed E-state index contributed by atoms with van der Waals surface area (Å²) >= 11 is 0. The molecule has 1 aromatic rings. The molecule has 1 fully saturated rings. The zero-order valence-electron chi connectivity index (χ0n) is 12.4. The summed E-state index contributed by atoms with van der Waals surface area (Å²) < 4.78 is 34.5. The molecule has 7 heteroatoms. The van der Waals surface area contributed by atoms with Gasteiger partial charge in [0.05, 0.1) is 13.2 Å². The van der Waals surface area contributed by atoms with Gasteiger partial charge in [0.25, 0.3) is 0 Å². The van der Waals surface area contributed by atoms with Crippen LogP contribution in [-0.2, 0) is 11.3 Å². The van der Waals surface area contributed by atoms with Gasteiger partial charge in [0.1, 0.15) is 0 Å². The lowest BCUT2D eigenvalue weighted by Gasteiger charge is -2.21. The second-order valence-corrected chi connectivity index (χ2v) is 5.20. The summed E-state index contributed by atoms with van der Waals surface area (Å²) in [6.07, 6.45) is 2.08. The van der Waals surface area contributed by atoms with Crippen LogP contribution in [0.3, 0.4) is 0 Å². The molecule has 2 rings (SSSR count). The van der Waals surface area contributed by atoms with E-state index in [9.17, 15) is 13.6 Å². The largest absolute Gasteiger partial charge is 0.490 e. The summed E-state index contributed by atoms with van der Waals surface area (Å²) in [5, 5.41) is 0. The average Bonchev–Trinajstić information content (AvgIpc) is 3.24. The van der Waals surface area contributed by atoms with E-state index in [2.05, 4.69) is 4.74 Å². The van der Waals surface area contributed by atoms with Crippen molar-refractivity contribution in [1.29, 1.82) is 0 Å². The van der Waals surface area contributed by atoms with Gasteiger partial charge < -0.3 is 15.2 Å². The van der Waals surface area contributed by atoms with Crippen molar-refractivity contribution >= 4 is 5.91 Å². The Hall–Kier alpha value is -1.89. The molecule has 0 radical (unpaired) electrons. The van der Waals surface area contributed by atoms with Crippen LogP contribution in [0.4, 0.5) is 8.78 Å². The number of amides is 1. The van der Waals surface area contributed by atoms with Crippen LogP contribution < -0.4 is 15.2 Å². The molecule has 2 N–H and O–H groups in total. The lowest BCUT2D eigenvalue weighted by atomic mass is 10.2. The Morgan fingerprint density at radius 2 is 2.14 bits per heavy atom. The fraction of sp³-hybridized carbons (Fsp3) is 0.533. The first-order valence-electron chi connectivity index (χ1n) is 7.22. The third kappa shape index (κ3) is 4.84. The number of nitrogens with two attached hydrogens (primary N) is 1. The molecule has 0 heterocycles. The van der Waals surface area contributed by atoms with Crippen molar-refractivity contribution in [3.05, 3.63) is 23.8 Å². The minimum Gasteiger partial charge on any atom is -0.490 e. The summed E-state index contributed by atoms with van der Waals surface area (Å²) in [5.41, 5.74) is 6.12. The van der Waals surface area contributed by atoms with E-state index in [1.807, 2.05) is 4.90 Å². The normalized spacial score (nSPS) is 14.4. The van der Waals surface area contributed by atoms with E-state index in [-0.39, 0.29) is 24.0 Å². The van der Waals surface area contributed by atoms with Gasteiger partial charge in [-0.2, -0.15) is 8.78 Å². The van der Waals surface area contributed by atoms with Crippen LogP contribution in [0.15, 0.2) is 18.2 Å². The molecule has 22 heavy (non-hydrogen) atoms.